The highest BCUT2D eigenvalue weighted by Gasteiger charge is 2.45. The van der Waals surface area contributed by atoms with Crippen LogP contribution in [-0.2, 0) is 27.9 Å². The van der Waals surface area contributed by atoms with E-state index in [-0.39, 0.29) is 24.1 Å². The van der Waals surface area contributed by atoms with Crippen molar-refractivity contribution in [2.45, 2.75) is 76.5 Å². The number of ether oxygens (including phenoxy) is 1. The highest BCUT2D eigenvalue weighted by atomic mass is 32.2. The lowest BCUT2D eigenvalue weighted by Gasteiger charge is -2.25. The van der Waals surface area contributed by atoms with Crippen LogP contribution >= 0.6 is 31.3 Å². The molecule has 13 nitrogen and oxygen atoms in total. The van der Waals surface area contributed by atoms with Gasteiger partial charge in [-0.25, -0.2) is 14.4 Å². The molecule has 1 saturated heterocycles. The lowest BCUT2D eigenvalue weighted by molar-refractivity contribution is -0.149. The van der Waals surface area contributed by atoms with Gasteiger partial charge < -0.3 is 14.9 Å². The molecule has 16 heteroatoms. The highest BCUT2D eigenvalue weighted by molar-refractivity contribution is 8.13. The van der Waals surface area contributed by atoms with Gasteiger partial charge in [0.1, 0.15) is 17.5 Å². The van der Waals surface area contributed by atoms with Crippen molar-refractivity contribution >= 4 is 42.4 Å². The number of nitrogens with one attached hydrogen (secondary N) is 2. The maximum Gasteiger partial charge on any atom is 0.406 e. The Morgan fingerprint density at radius 1 is 1.21 bits per heavy atom. The van der Waals surface area contributed by atoms with Crippen LogP contribution in [-0.4, -0.2) is 79.4 Å². The molecular formula is C22H36N3O10PS2. The van der Waals surface area contributed by atoms with Crippen molar-refractivity contribution in [1.29, 1.82) is 0 Å². The van der Waals surface area contributed by atoms with E-state index < -0.39 is 65.4 Å². The predicted molar refractivity (Wildman–Crippen MR) is 144 cm³/mol. The zero-order chi connectivity index (χ0) is 28.8. The Labute approximate surface area is 229 Å². The fourth-order valence-corrected chi connectivity index (χ4v) is 7.09. The zero-order valence-corrected chi connectivity index (χ0v) is 24.6. The molecule has 1 aromatic heterocycles. The van der Waals surface area contributed by atoms with E-state index >= 15 is 0 Å². The molecule has 6 unspecified atom stereocenters. The maximum absolute atomic E-state index is 13.5. The molecule has 1 aromatic rings. The van der Waals surface area contributed by atoms with Gasteiger partial charge in [-0.15, -0.1) is 11.8 Å². The molecule has 0 amide bonds. The predicted octanol–water partition coefficient (Wildman–Crippen LogP) is 1.25. The second-order valence-corrected chi connectivity index (χ2v) is 14.1. The Morgan fingerprint density at radius 3 is 2.45 bits per heavy atom. The molecule has 4 N–H and O–H groups in total. The third-order valence-electron chi connectivity index (χ3n) is 5.12. The molecule has 38 heavy (non-hydrogen) atoms. The first-order valence-electron chi connectivity index (χ1n) is 11.9. The van der Waals surface area contributed by atoms with Gasteiger partial charge in [-0.05, 0) is 20.8 Å². The first-order valence-corrected chi connectivity index (χ1v) is 15.4. The van der Waals surface area contributed by atoms with Crippen molar-refractivity contribution in [3.63, 3.8) is 0 Å². The summed E-state index contributed by atoms with van der Waals surface area (Å²) < 4.78 is 30.8. The minimum Gasteiger partial charge on any atom is -0.462 e. The number of H-pyrrole nitrogens is 1. The molecule has 1 aliphatic heterocycles. The Bertz CT molecular complexity index is 1140. The number of carbonyl (C=O) groups is 2. The minimum atomic E-state index is -4.18. The first kappa shape index (κ1) is 32.8. The summed E-state index contributed by atoms with van der Waals surface area (Å²) in [6.45, 7) is 9.52. The number of hydrogen-bond donors (Lipinski definition) is 4. The van der Waals surface area contributed by atoms with Crippen LogP contribution in [0.15, 0.2) is 21.9 Å². The van der Waals surface area contributed by atoms with Gasteiger partial charge in [0, 0.05) is 23.4 Å². The second-order valence-electron chi connectivity index (χ2n) is 9.91. The first-order chi connectivity index (χ1) is 17.5. The number of thioether (sulfide) groups is 2. The van der Waals surface area contributed by atoms with Gasteiger partial charge in [-0.2, -0.15) is 0 Å². The minimum absolute atomic E-state index is 0.0818. The molecular weight excluding hydrogens is 561 g/mol. The summed E-state index contributed by atoms with van der Waals surface area (Å²) in [4.78, 5) is 50.0. The van der Waals surface area contributed by atoms with E-state index in [2.05, 4.69) is 10.1 Å². The summed E-state index contributed by atoms with van der Waals surface area (Å²) in [6.07, 6.45) is -1.98. The van der Waals surface area contributed by atoms with Crippen molar-refractivity contribution < 1.29 is 38.2 Å². The molecule has 0 aromatic carbocycles. The van der Waals surface area contributed by atoms with Crippen LogP contribution in [0.4, 0.5) is 0 Å². The van der Waals surface area contributed by atoms with E-state index in [1.165, 1.54) is 13.1 Å². The van der Waals surface area contributed by atoms with E-state index in [1.54, 1.807) is 34.6 Å². The third kappa shape index (κ3) is 9.33. The van der Waals surface area contributed by atoms with Crippen LogP contribution in [0, 0.1) is 5.41 Å². The van der Waals surface area contributed by atoms with Crippen molar-refractivity contribution in [3.05, 3.63) is 33.1 Å². The summed E-state index contributed by atoms with van der Waals surface area (Å²) in [5, 5.41) is 21.7. The Morgan fingerprint density at radius 2 is 1.87 bits per heavy atom. The molecule has 0 aliphatic carbocycles. The monoisotopic (exact) mass is 597 g/mol. The molecule has 1 aliphatic rings. The van der Waals surface area contributed by atoms with Crippen LogP contribution in [0.1, 0.15) is 46.9 Å². The summed E-state index contributed by atoms with van der Waals surface area (Å²) in [5.74, 6) is -0.514. The summed E-state index contributed by atoms with van der Waals surface area (Å²) in [7, 11) is -4.18. The molecule has 0 bridgehead atoms. The van der Waals surface area contributed by atoms with Gasteiger partial charge in [0.25, 0.3) is 5.56 Å². The topological polar surface area (TPSA) is 186 Å². The largest absolute Gasteiger partial charge is 0.462 e. The number of aliphatic hydroxyl groups excluding tert-OH is 2. The Kier molecular flexibility index (Phi) is 11.9. The normalized spacial score (nSPS) is 24.2. The zero-order valence-electron chi connectivity index (χ0n) is 22.1. The average molecular weight is 598 g/mol. The van der Waals surface area contributed by atoms with Gasteiger partial charge >= 0.3 is 19.4 Å². The quantitative estimate of drug-likeness (QED) is 0.153. The summed E-state index contributed by atoms with van der Waals surface area (Å²) in [5.41, 5.74) is -1.95. The molecule has 0 spiro atoms. The van der Waals surface area contributed by atoms with Crippen LogP contribution in [0.5, 0.6) is 0 Å². The van der Waals surface area contributed by atoms with Gasteiger partial charge in [-0.3, -0.25) is 33.0 Å². The molecule has 216 valence electrons. The van der Waals surface area contributed by atoms with Gasteiger partial charge in [0.05, 0.1) is 30.7 Å². The number of aromatic amines is 1. The van der Waals surface area contributed by atoms with Gasteiger partial charge in [0.2, 0.25) is 0 Å². The maximum atomic E-state index is 13.5. The average Bonchev–Trinajstić information content (AvgIpc) is 3.08. The summed E-state index contributed by atoms with van der Waals surface area (Å²) >= 11 is 1.99. The lowest BCUT2D eigenvalue weighted by Crippen LogP contribution is -2.38. The SMILES string of the molecule is CC(C)OC(=O)C(C)NP(=O)(OCCSC(=O)C(C)(C)C)OCC1SC(n2ccc(=O)[nH]c2=O)C(O)C1O. The molecule has 2 rings (SSSR count). The number of aliphatic hydroxyl groups is 2. The van der Waals surface area contributed by atoms with E-state index in [9.17, 15) is 34.0 Å². The fraction of sp³-hybridized carbons (Fsp3) is 0.727. The number of esters is 1. The number of nitrogens with zero attached hydrogens (tertiary/aromatic N) is 1. The van der Waals surface area contributed by atoms with Crippen LogP contribution in [0.25, 0.3) is 0 Å². The molecule has 6 atom stereocenters. The van der Waals surface area contributed by atoms with Crippen molar-refractivity contribution in [3.8, 4) is 0 Å². The fourth-order valence-electron chi connectivity index (χ4n) is 3.14. The standard InChI is InChI=1S/C22H36N3O10PS2/c1-12(2)35-19(29)13(3)24-36(32,33-9-10-37-20(30)22(4,5)6)34-11-14-16(27)17(28)18(38-14)25-8-7-15(26)23-21(25)31/h7-8,12-14,16-18,27-28H,9-11H2,1-6H3,(H,24,32)(H,23,26,31). The second kappa shape index (κ2) is 13.8. The van der Waals surface area contributed by atoms with E-state index in [1.807, 2.05) is 0 Å². The van der Waals surface area contributed by atoms with Crippen LogP contribution < -0.4 is 16.3 Å². The number of aromatic nitrogens is 2. The van der Waals surface area contributed by atoms with E-state index in [0.29, 0.717) is 0 Å². The lowest BCUT2D eigenvalue weighted by atomic mass is 10.00. The molecule has 0 saturated carbocycles. The van der Waals surface area contributed by atoms with Crippen molar-refractivity contribution in [2.24, 2.45) is 5.41 Å². The van der Waals surface area contributed by atoms with Crippen LogP contribution in [0.3, 0.4) is 0 Å². The Hall–Kier alpha value is -1.45. The van der Waals surface area contributed by atoms with E-state index in [0.717, 1.165) is 34.2 Å². The third-order valence-corrected chi connectivity index (χ3v) is 9.63. The van der Waals surface area contributed by atoms with Crippen molar-refractivity contribution in [1.82, 2.24) is 14.6 Å². The van der Waals surface area contributed by atoms with Crippen molar-refractivity contribution in [2.75, 3.05) is 19.0 Å². The molecule has 1 fully saturated rings. The number of hydrogen-bond acceptors (Lipinski definition) is 12. The summed E-state index contributed by atoms with van der Waals surface area (Å²) in [6, 6.07) is 0.0305. The van der Waals surface area contributed by atoms with Gasteiger partial charge in [-0.1, -0.05) is 32.5 Å². The number of rotatable bonds is 12. The van der Waals surface area contributed by atoms with E-state index in [4.69, 9.17) is 13.8 Å². The Balaban J connectivity index is 2.11. The molecule has 0 radical (unpaired) electrons. The smallest absolute Gasteiger partial charge is 0.406 e. The molecule has 2 heterocycles. The van der Waals surface area contributed by atoms with Crippen LogP contribution in [0.2, 0.25) is 0 Å². The van der Waals surface area contributed by atoms with Gasteiger partial charge in [0.15, 0.2) is 5.12 Å². The highest BCUT2D eigenvalue weighted by Crippen LogP contribution is 2.48. The number of carbonyl (C=O) groups excluding carboxylic acids is 2.